The van der Waals surface area contributed by atoms with Crippen LogP contribution < -0.4 is 0 Å². The zero-order valence-electron chi connectivity index (χ0n) is 6.94. The van der Waals surface area contributed by atoms with Crippen molar-refractivity contribution in [2.75, 3.05) is 0 Å². The van der Waals surface area contributed by atoms with E-state index in [9.17, 15) is 0 Å². The Morgan fingerprint density at radius 3 is 2.86 bits per heavy atom. The summed E-state index contributed by atoms with van der Waals surface area (Å²) in [6.07, 6.45) is 3.38. The van der Waals surface area contributed by atoms with Gasteiger partial charge in [-0.15, -0.1) is 0 Å². The van der Waals surface area contributed by atoms with Crippen LogP contribution in [0, 0.1) is 0 Å². The van der Waals surface area contributed by atoms with Gasteiger partial charge in [0.15, 0.2) is 5.82 Å². The van der Waals surface area contributed by atoms with Crippen LogP contribution in [0.15, 0.2) is 27.5 Å². The Morgan fingerprint density at radius 1 is 1.36 bits per heavy atom. The van der Waals surface area contributed by atoms with Crippen molar-refractivity contribution in [3.63, 3.8) is 0 Å². The molecular formula is C8H5Br2N3O. The molecular weight excluding hydrogens is 314 g/mol. The van der Waals surface area contributed by atoms with Crippen LogP contribution >= 0.6 is 31.9 Å². The standard InChI is InChI=1S/C8H5Br2N3O/c9-2-7-12-8(14-13-7)5-1-6(10)4-11-3-5/h1,3-4H,2H2. The monoisotopic (exact) mass is 317 g/mol. The molecule has 0 N–H and O–H groups in total. The summed E-state index contributed by atoms with van der Waals surface area (Å²) in [5.74, 6) is 1.10. The molecule has 2 aromatic rings. The third-order valence-corrected chi connectivity index (χ3v) is 2.47. The molecule has 0 aliphatic rings. The van der Waals surface area contributed by atoms with E-state index in [0.717, 1.165) is 10.0 Å². The van der Waals surface area contributed by atoms with E-state index < -0.39 is 0 Å². The molecule has 0 bridgehead atoms. The SMILES string of the molecule is BrCc1noc(-c2cncc(Br)c2)n1. The van der Waals surface area contributed by atoms with Crippen LogP contribution in [-0.4, -0.2) is 15.1 Å². The molecule has 0 aliphatic heterocycles. The largest absolute Gasteiger partial charge is 0.334 e. The number of hydrogen-bond donors (Lipinski definition) is 0. The quantitative estimate of drug-likeness (QED) is 0.799. The average Bonchev–Trinajstić information content (AvgIpc) is 2.66. The van der Waals surface area contributed by atoms with Gasteiger partial charge in [-0.05, 0) is 22.0 Å². The van der Waals surface area contributed by atoms with Gasteiger partial charge in [0, 0.05) is 16.9 Å². The molecule has 2 aromatic heterocycles. The molecule has 2 heterocycles. The molecule has 14 heavy (non-hydrogen) atoms. The zero-order valence-corrected chi connectivity index (χ0v) is 10.1. The van der Waals surface area contributed by atoms with Crippen molar-refractivity contribution in [1.82, 2.24) is 15.1 Å². The Labute approximate surface area is 97.0 Å². The zero-order chi connectivity index (χ0) is 9.97. The van der Waals surface area contributed by atoms with E-state index in [1.165, 1.54) is 0 Å². The smallest absolute Gasteiger partial charge is 0.259 e. The molecule has 0 unspecified atom stereocenters. The van der Waals surface area contributed by atoms with Crippen LogP contribution in [0.3, 0.4) is 0 Å². The minimum Gasteiger partial charge on any atom is -0.334 e. The van der Waals surface area contributed by atoms with Gasteiger partial charge in [-0.25, -0.2) is 0 Å². The summed E-state index contributed by atoms with van der Waals surface area (Å²) in [6.45, 7) is 0. The molecule has 2 rings (SSSR count). The Balaban J connectivity index is 2.39. The number of nitrogens with zero attached hydrogens (tertiary/aromatic N) is 3. The number of hydrogen-bond acceptors (Lipinski definition) is 4. The van der Waals surface area contributed by atoms with Crippen molar-refractivity contribution in [2.45, 2.75) is 5.33 Å². The van der Waals surface area contributed by atoms with Crippen molar-refractivity contribution in [1.29, 1.82) is 0 Å². The summed E-state index contributed by atoms with van der Waals surface area (Å²) in [5.41, 5.74) is 0.805. The molecule has 72 valence electrons. The Hall–Kier alpha value is -0.750. The normalized spacial score (nSPS) is 10.4. The second kappa shape index (κ2) is 4.18. The summed E-state index contributed by atoms with van der Waals surface area (Å²) in [6, 6.07) is 1.87. The van der Waals surface area contributed by atoms with E-state index in [1.807, 2.05) is 6.07 Å². The lowest BCUT2D eigenvalue weighted by Gasteiger charge is -1.92. The maximum absolute atomic E-state index is 5.04. The van der Waals surface area contributed by atoms with E-state index >= 15 is 0 Å². The molecule has 0 aliphatic carbocycles. The Kier molecular flexibility index (Phi) is 2.93. The Bertz CT molecular complexity index is 444. The maximum Gasteiger partial charge on any atom is 0.259 e. The summed E-state index contributed by atoms with van der Waals surface area (Å²) in [7, 11) is 0. The lowest BCUT2D eigenvalue weighted by Crippen LogP contribution is -1.82. The van der Waals surface area contributed by atoms with Crippen molar-refractivity contribution in [3.05, 3.63) is 28.8 Å². The highest BCUT2D eigenvalue weighted by atomic mass is 79.9. The van der Waals surface area contributed by atoms with Crippen molar-refractivity contribution >= 4 is 31.9 Å². The summed E-state index contributed by atoms with van der Waals surface area (Å²) >= 11 is 6.57. The number of alkyl halides is 1. The summed E-state index contributed by atoms with van der Waals surface area (Å²) in [4.78, 5) is 8.16. The molecule has 0 saturated heterocycles. The fraction of sp³-hybridized carbons (Fsp3) is 0.125. The van der Waals surface area contributed by atoms with Gasteiger partial charge in [-0.3, -0.25) is 4.98 Å². The maximum atomic E-state index is 5.04. The van der Waals surface area contributed by atoms with Crippen molar-refractivity contribution in [3.8, 4) is 11.5 Å². The molecule has 0 radical (unpaired) electrons. The van der Waals surface area contributed by atoms with Gasteiger partial charge in [-0.2, -0.15) is 4.98 Å². The summed E-state index contributed by atoms with van der Waals surface area (Å²) in [5, 5.41) is 4.35. The minimum atomic E-state index is 0.480. The molecule has 0 saturated carbocycles. The first-order chi connectivity index (χ1) is 6.79. The van der Waals surface area contributed by atoms with E-state index in [0.29, 0.717) is 17.0 Å². The van der Waals surface area contributed by atoms with Gasteiger partial charge < -0.3 is 4.52 Å². The van der Waals surface area contributed by atoms with Crippen molar-refractivity contribution in [2.24, 2.45) is 0 Å². The first kappa shape index (κ1) is 9.79. The average molecular weight is 319 g/mol. The highest BCUT2D eigenvalue weighted by Crippen LogP contribution is 2.20. The first-order valence-electron chi connectivity index (χ1n) is 3.79. The molecule has 6 heteroatoms. The van der Waals surface area contributed by atoms with Gasteiger partial charge in [0.1, 0.15) is 0 Å². The topological polar surface area (TPSA) is 51.8 Å². The minimum absolute atomic E-state index is 0.480. The number of halogens is 2. The molecule has 0 fully saturated rings. The van der Waals surface area contributed by atoms with Crippen LogP contribution in [0.2, 0.25) is 0 Å². The van der Waals surface area contributed by atoms with Gasteiger partial charge in [0.05, 0.1) is 10.9 Å². The van der Waals surface area contributed by atoms with Crippen LogP contribution in [-0.2, 0) is 5.33 Å². The first-order valence-corrected chi connectivity index (χ1v) is 5.70. The third kappa shape index (κ3) is 2.01. The van der Waals surface area contributed by atoms with Crippen LogP contribution in [0.1, 0.15) is 5.82 Å². The van der Waals surface area contributed by atoms with Gasteiger partial charge in [0.2, 0.25) is 0 Å². The molecule has 0 amide bonds. The molecule has 0 atom stereocenters. The van der Waals surface area contributed by atoms with Gasteiger partial charge in [0.25, 0.3) is 5.89 Å². The third-order valence-electron chi connectivity index (χ3n) is 1.54. The predicted octanol–water partition coefficient (Wildman–Crippen LogP) is 2.79. The molecule has 0 spiro atoms. The highest BCUT2D eigenvalue weighted by Gasteiger charge is 2.07. The lowest BCUT2D eigenvalue weighted by molar-refractivity contribution is 0.425. The van der Waals surface area contributed by atoms with E-state index in [-0.39, 0.29) is 0 Å². The number of rotatable bonds is 2. The number of pyridine rings is 1. The fourth-order valence-electron chi connectivity index (χ4n) is 0.954. The lowest BCUT2D eigenvalue weighted by atomic mass is 10.3. The second-order valence-corrected chi connectivity index (χ2v) is 4.02. The Morgan fingerprint density at radius 2 is 2.21 bits per heavy atom. The van der Waals surface area contributed by atoms with E-state index in [2.05, 4.69) is 47.0 Å². The van der Waals surface area contributed by atoms with E-state index in [4.69, 9.17) is 4.52 Å². The highest BCUT2D eigenvalue weighted by molar-refractivity contribution is 9.10. The molecule has 0 aromatic carbocycles. The van der Waals surface area contributed by atoms with Gasteiger partial charge >= 0.3 is 0 Å². The molecule has 4 nitrogen and oxygen atoms in total. The van der Waals surface area contributed by atoms with Crippen LogP contribution in [0.25, 0.3) is 11.5 Å². The summed E-state index contributed by atoms with van der Waals surface area (Å²) < 4.78 is 5.93. The fourth-order valence-corrected chi connectivity index (χ4v) is 1.55. The van der Waals surface area contributed by atoms with Crippen LogP contribution in [0.5, 0.6) is 0 Å². The second-order valence-electron chi connectivity index (χ2n) is 2.54. The van der Waals surface area contributed by atoms with Crippen molar-refractivity contribution < 1.29 is 4.52 Å². The number of aromatic nitrogens is 3. The van der Waals surface area contributed by atoms with Gasteiger partial charge in [-0.1, -0.05) is 21.1 Å². The van der Waals surface area contributed by atoms with Crippen LogP contribution in [0.4, 0.5) is 0 Å². The van der Waals surface area contributed by atoms with E-state index in [1.54, 1.807) is 12.4 Å². The predicted molar refractivity (Wildman–Crippen MR) is 57.9 cm³/mol.